The predicted molar refractivity (Wildman–Crippen MR) is 435 cm³/mol. The Morgan fingerprint density at radius 3 is 1.33 bits per heavy atom. The van der Waals surface area contributed by atoms with Crippen LogP contribution in [-0.2, 0) is 108 Å². The molecule has 5 aliphatic heterocycles. The first-order chi connectivity index (χ1) is 59.6. The topological polar surface area (TPSA) is 620 Å². The van der Waals surface area contributed by atoms with Gasteiger partial charge in [-0.1, -0.05) is 30.9 Å². The summed E-state index contributed by atoms with van der Waals surface area (Å²) < 4.78 is 67.0. The van der Waals surface area contributed by atoms with E-state index in [0.29, 0.717) is 103 Å². The number of likely N-dealkylation sites (tertiary alicyclic amines) is 1. The van der Waals surface area contributed by atoms with Crippen LogP contribution in [0.5, 0.6) is 0 Å². The summed E-state index contributed by atoms with van der Waals surface area (Å²) in [5.41, 5.74) is 0.735. The molecule has 0 bridgehead atoms. The number of carbonyl (C=O) groups is 9. The number of amides is 9. The lowest BCUT2D eigenvalue weighted by Gasteiger charge is -2.42. The van der Waals surface area contributed by atoms with Gasteiger partial charge in [0.1, 0.15) is 104 Å². The minimum atomic E-state index is -1.47. The van der Waals surface area contributed by atoms with Crippen molar-refractivity contribution >= 4 is 53.2 Å². The summed E-state index contributed by atoms with van der Waals surface area (Å²) in [4.78, 5) is 116. The lowest BCUT2D eigenvalue weighted by Crippen LogP contribution is -2.64. The summed E-state index contributed by atoms with van der Waals surface area (Å²) in [6, 6.07) is -3.40. The van der Waals surface area contributed by atoms with Crippen LogP contribution in [0.3, 0.4) is 0 Å². The molecule has 6 heterocycles. The van der Waals surface area contributed by atoms with Crippen molar-refractivity contribution in [3.05, 3.63) is 11.9 Å². The quantitative estimate of drug-likeness (QED) is 0.0213. The number of carbonyl (C=O) groups excluding carboxylic acids is 9. The number of aromatic nitrogens is 3. The number of nitrogens with zero attached hydrogens (tertiary/aromatic N) is 4. The molecule has 44 nitrogen and oxygen atoms in total. The van der Waals surface area contributed by atoms with Crippen LogP contribution in [0.4, 0.5) is 0 Å². The van der Waals surface area contributed by atoms with Gasteiger partial charge >= 0.3 is 0 Å². The molecule has 712 valence electrons. The monoisotopic (exact) mass is 1780 g/mol. The Morgan fingerprint density at radius 1 is 0.468 bits per heavy atom. The third-order valence-corrected chi connectivity index (χ3v) is 21.7. The van der Waals surface area contributed by atoms with Crippen LogP contribution in [-0.4, -0.2) is 390 Å². The van der Waals surface area contributed by atoms with Crippen LogP contribution in [0.15, 0.2) is 6.20 Å². The van der Waals surface area contributed by atoms with E-state index < -0.39 is 166 Å². The zero-order valence-electron chi connectivity index (χ0n) is 72.1. The van der Waals surface area contributed by atoms with E-state index in [1.807, 2.05) is 6.20 Å². The zero-order chi connectivity index (χ0) is 90.3. The van der Waals surface area contributed by atoms with Crippen molar-refractivity contribution in [2.75, 3.05) is 126 Å². The molecule has 5 saturated heterocycles. The third-order valence-electron chi connectivity index (χ3n) is 21.7. The molecule has 0 aliphatic carbocycles. The summed E-state index contributed by atoms with van der Waals surface area (Å²) in [5.74, 6) is -3.03. The molecular weight excluding hydrogens is 1640 g/mol. The number of hydrogen-bond donors (Lipinski definition) is 20. The SMILES string of the molecule is COC[C@@H]1C[C@@H](O)CN1C(=O)CCCCCCCCc1cn(C[C@H]2OC[C@H](OCCC(=O)NCCCNC(O)CCCCO[C@@H]3O[C@H](CO)[C@H](O)[C@H](O)[C@H]3NC(C)=O)[C@@H](OCCC(=O)NCCCNC(=O)CCCCO[C@@H]3O[C@H](CO)[C@H](O)[C@H](O)[C@H]3NC(C)=O)[C@@H]2OCCC(=O)NCCCNC(=O)CCCCO[C@@H]2O[C@H](CO)[C@H](O)[C@H](O)[C@H]2NC(C)=O)nn1. The highest BCUT2D eigenvalue weighted by Gasteiger charge is 2.49. The van der Waals surface area contributed by atoms with Gasteiger partial charge in [-0.3, -0.25) is 48.5 Å². The van der Waals surface area contributed by atoms with E-state index >= 15 is 0 Å². The molecule has 0 saturated carbocycles. The third kappa shape index (κ3) is 38.8. The normalized spacial score (nSPS) is 27.8. The van der Waals surface area contributed by atoms with Gasteiger partial charge in [-0.05, 0) is 96.4 Å². The molecule has 9 amide bonds. The predicted octanol–water partition coefficient (Wildman–Crippen LogP) is -6.06. The summed E-state index contributed by atoms with van der Waals surface area (Å²) in [5, 5.41) is 146. The molecule has 22 atom stereocenters. The number of rotatable bonds is 62. The van der Waals surface area contributed by atoms with E-state index in [-0.39, 0.29) is 159 Å². The molecular formula is C80H141N13O31. The first-order valence-corrected chi connectivity index (χ1v) is 43.8. The maximum absolute atomic E-state index is 13.5. The number of unbranched alkanes of at least 4 members (excludes halogenated alkanes) is 8. The summed E-state index contributed by atoms with van der Waals surface area (Å²) in [6.45, 7) is 4.01. The number of hydrogen-bond acceptors (Lipinski definition) is 34. The van der Waals surface area contributed by atoms with Gasteiger partial charge in [0.25, 0.3) is 0 Å². The number of aliphatic hydroxyl groups is 11. The Balaban J connectivity index is 1.01. The van der Waals surface area contributed by atoms with Gasteiger partial charge < -0.3 is 156 Å². The lowest BCUT2D eigenvalue weighted by atomic mass is 9.97. The van der Waals surface area contributed by atoms with Crippen LogP contribution in [0.25, 0.3) is 0 Å². The van der Waals surface area contributed by atoms with Crippen molar-refractivity contribution < 1.29 is 151 Å². The van der Waals surface area contributed by atoms with Gasteiger partial charge in [-0.2, -0.15) is 0 Å². The van der Waals surface area contributed by atoms with Crippen LogP contribution in [0.1, 0.15) is 174 Å². The highest BCUT2D eigenvalue weighted by atomic mass is 16.7. The number of methoxy groups -OCH3 is 1. The van der Waals surface area contributed by atoms with Crippen LogP contribution in [0, 0.1) is 0 Å². The smallest absolute Gasteiger partial charge is 0.222 e. The van der Waals surface area contributed by atoms with Gasteiger partial charge in [0.2, 0.25) is 53.2 Å². The molecule has 1 aromatic heterocycles. The van der Waals surface area contributed by atoms with Gasteiger partial charge in [0, 0.05) is 132 Å². The number of aliphatic hydroxyl groups excluding tert-OH is 11. The Hall–Kier alpha value is -6.55. The number of aryl methyl sites for hydroxylation is 1. The fraction of sp³-hybridized carbons (Fsp3) is 0.863. The first-order valence-electron chi connectivity index (χ1n) is 43.8. The molecule has 1 unspecified atom stereocenters. The highest BCUT2D eigenvalue weighted by Crippen LogP contribution is 2.29. The van der Waals surface area contributed by atoms with Crippen molar-refractivity contribution in [2.24, 2.45) is 0 Å². The van der Waals surface area contributed by atoms with Crippen molar-refractivity contribution in [1.29, 1.82) is 0 Å². The van der Waals surface area contributed by atoms with Crippen molar-refractivity contribution in [3.8, 4) is 0 Å². The van der Waals surface area contributed by atoms with Gasteiger partial charge in [0.15, 0.2) is 18.9 Å². The molecule has 0 radical (unpaired) electrons. The second-order valence-electron chi connectivity index (χ2n) is 31.9. The second-order valence-corrected chi connectivity index (χ2v) is 31.9. The van der Waals surface area contributed by atoms with E-state index in [1.54, 1.807) is 16.7 Å². The lowest BCUT2D eigenvalue weighted by molar-refractivity contribution is -0.270. The van der Waals surface area contributed by atoms with E-state index in [1.165, 1.54) is 20.8 Å². The average molecular weight is 1780 g/mol. The van der Waals surface area contributed by atoms with E-state index in [9.17, 15) is 99.3 Å². The number of nitrogens with one attached hydrogen (secondary N) is 9. The second kappa shape index (κ2) is 59.5. The van der Waals surface area contributed by atoms with Crippen molar-refractivity contribution in [1.82, 2.24) is 67.7 Å². The molecule has 44 heteroatoms. The Labute approximate surface area is 723 Å². The fourth-order valence-electron chi connectivity index (χ4n) is 15.0. The number of β-amino-alcohol motifs (C(OH)–C–C–N with tert-alkyl or cyclic N) is 1. The zero-order valence-corrected chi connectivity index (χ0v) is 72.1. The molecule has 1 aromatic rings. The number of ether oxygens (including phenoxy) is 11. The average Bonchev–Trinajstić information content (AvgIpc) is 1.18. The summed E-state index contributed by atoms with van der Waals surface area (Å²) in [7, 11) is 1.58. The Bertz CT molecular complexity index is 3260. The minimum Gasteiger partial charge on any atom is -0.394 e. The van der Waals surface area contributed by atoms with E-state index in [4.69, 9.17) is 52.1 Å². The molecule has 0 spiro atoms. The standard InChI is InChI=1S/C80H141N13O31/c1-49(97)87-67-73(111)70(108)56(44-94)122-78(67)118-34-14-11-21-60(101)81-28-17-31-84-63(104)25-37-115-59-48-121-55(43-92-41-52(90-91-92)20-9-7-5-6-8-10-24-66(107)93-42-54(100)40-53(93)47-114-4)76(116-38-26-64(105)85-32-18-29-82-61(102)22-12-15-35-119-79-68(88-50(2)98)74(112)71(109)57(45-95)123-79)77(59)117-39-27-65(106)86-33-19-30-83-62(103)23-13-16-36-120-80-69(89-51(3)99)75(113)72(110)58(46-96)124-80/h41,53-60,67-81,94-96,100-101,108-113H,5-40,42-48H2,1-4H3,(H,82,102)(H,83,103)(H,84,104)(H,85,105)(H,86,106)(H,87,97)(H,88,98)(H,89,99)/t53-,54+,55+,56+,57+,58+,59-,60?,67+,68+,69+,70-,71-,72-,73+,74+,75+,76+,77+,78+,79+,80+/m0/s1. The van der Waals surface area contributed by atoms with Gasteiger partial charge in [-0.25, -0.2) is 4.68 Å². The van der Waals surface area contributed by atoms with E-state index in [2.05, 4.69) is 58.2 Å². The van der Waals surface area contributed by atoms with Gasteiger partial charge in [0.05, 0.1) is 77.2 Å². The Morgan fingerprint density at radius 2 is 0.879 bits per heavy atom. The maximum Gasteiger partial charge on any atom is 0.222 e. The molecule has 6 rings (SSSR count). The summed E-state index contributed by atoms with van der Waals surface area (Å²) >= 11 is 0. The fourth-order valence-corrected chi connectivity index (χ4v) is 15.0. The Kier molecular flexibility index (Phi) is 51.0. The molecule has 124 heavy (non-hydrogen) atoms. The molecule has 20 N–H and O–H groups in total. The summed E-state index contributed by atoms with van der Waals surface area (Å²) in [6.07, 6.45) is -8.04. The molecule has 5 aliphatic rings. The van der Waals surface area contributed by atoms with E-state index in [0.717, 1.165) is 44.2 Å². The molecule has 5 fully saturated rings. The maximum atomic E-state index is 13.5. The van der Waals surface area contributed by atoms with Gasteiger partial charge in [-0.15, -0.1) is 5.10 Å². The first kappa shape index (κ1) is 106. The van der Waals surface area contributed by atoms with Crippen molar-refractivity contribution in [3.63, 3.8) is 0 Å². The van der Waals surface area contributed by atoms with Crippen molar-refractivity contribution in [2.45, 2.75) is 316 Å². The highest BCUT2D eigenvalue weighted by molar-refractivity contribution is 5.78. The molecule has 0 aromatic carbocycles. The van der Waals surface area contributed by atoms with Crippen LogP contribution < -0.4 is 47.9 Å². The largest absolute Gasteiger partial charge is 0.394 e. The van der Waals surface area contributed by atoms with Crippen LogP contribution >= 0.6 is 0 Å². The van der Waals surface area contributed by atoms with Crippen LogP contribution in [0.2, 0.25) is 0 Å². The minimum absolute atomic E-state index is 0.0258.